The van der Waals surface area contributed by atoms with Crippen LogP contribution in [0.4, 0.5) is 0 Å². The van der Waals surface area contributed by atoms with Crippen LogP contribution in [-0.2, 0) is 0 Å². The average molecular weight is 297 g/mol. The van der Waals surface area contributed by atoms with Gasteiger partial charge in [-0.15, -0.1) is 22.8 Å². The quantitative estimate of drug-likeness (QED) is 0.683. The van der Waals surface area contributed by atoms with Gasteiger partial charge in [0.1, 0.15) is 0 Å². The first-order valence-corrected chi connectivity index (χ1v) is 5.82. The van der Waals surface area contributed by atoms with Crippen LogP contribution in [0.15, 0.2) is 39.0 Å². The lowest BCUT2D eigenvalue weighted by Crippen LogP contribution is -1.94. The Morgan fingerprint density at radius 3 is 2.75 bits per heavy atom. The van der Waals surface area contributed by atoms with Gasteiger partial charge in [-0.05, 0) is 13.0 Å². The van der Waals surface area contributed by atoms with Crippen molar-refractivity contribution in [3.8, 4) is 0 Å². The highest BCUT2D eigenvalue weighted by atomic mass is 79.9. The number of hydrogen-bond acceptors (Lipinski definition) is 4. The van der Waals surface area contributed by atoms with Crippen molar-refractivity contribution in [2.75, 3.05) is 0 Å². The standard InChI is InChI=1S/C10H9BrN4S/c1-7-13-14-10(16)15(7)12-6-8-4-2-3-5-9(8)11/h2-6H,1H3,(H,14,16). The Bertz CT molecular complexity index is 516. The van der Waals surface area contributed by atoms with E-state index in [0.717, 1.165) is 10.0 Å². The highest BCUT2D eigenvalue weighted by molar-refractivity contribution is 9.10. The third-order valence-corrected chi connectivity index (χ3v) is 3.00. The number of nitrogens with zero attached hydrogens (tertiary/aromatic N) is 4. The summed E-state index contributed by atoms with van der Waals surface area (Å²) >= 11 is 7.60. The third kappa shape index (κ3) is 2.33. The van der Waals surface area contributed by atoms with E-state index < -0.39 is 0 Å². The summed E-state index contributed by atoms with van der Waals surface area (Å²) in [5, 5.41) is 12.4. The Hall–Kier alpha value is -1.14. The summed E-state index contributed by atoms with van der Waals surface area (Å²) in [6.45, 7) is 1.82. The molecule has 2 aromatic rings. The topological polar surface area (TPSA) is 43.1 Å². The molecule has 0 spiro atoms. The highest BCUT2D eigenvalue weighted by Gasteiger charge is 2.02. The normalized spacial score (nSPS) is 11.2. The molecule has 0 atom stereocenters. The summed E-state index contributed by atoms with van der Waals surface area (Å²) in [7, 11) is 0. The molecular weight excluding hydrogens is 288 g/mol. The summed E-state index contributed by atoms with van der Waals surface area (Å²) in [4.78, 5) is 0. The number of thiol groups is 1. The minimum atomic E-state index is 0.473. The fourth-order valence-corrected chi connectivity index (χ4v) is 1.81. The minimum Gasteiger partial charge on any atom is -0.192 e. The van der Waals surface area contributed by atoms with E-state index in [1.165, 1.54) is 0 Å². The molecule has 0 saturated carbocycles. The molecule has 0 saturated heterocycles. The van der Waals surface area contributed by atoms with E-state index in [2.05, 4.69) is 43.9 Å². The van der Waals surface area contributed by atoms with Gasteiger partial charge in [0.05, 0.1) is 6.21 Å². The zero-order valence-electron chi connectivity index (χ0n) is 8.50. The first-order valence-electron chi connectivity index (χ1n) is 4.58. The molecule has 82 valence electrons. The molecule has 0 aliphatic carbocycles. The van der Waals surface area contributed by atoms with E-state index in [9.17, 15) is 0 Å². The first-order chi connectivity index (χ1) is 7.68. The predicted molar refractivity (Wildman–Crippen MR) is 69.1 cm³/mol. The number of aryl methyl sites for hydroxylation is 1. The molecule has 0 amide bonds. The van der Waals surface area contributed by atoms with Crippen LogP contribution in [0.25, 0.3) is 0 Å². The second-order valence-corrected chi connectivity index (χ2v) is 4.38. The number of rotatable bonds is 2. The molecule has 0 unspecified atom stereocenters. The monoisotopic (exact) mass is 296 g/mol. The van der Waals surface area contributed by atoms with Crippen LogP contribution < -0.4 is 0 Å². The Labute approximate surface area is 107 Å². The van der Waals surface area contributed by atoms with Gasteiger partial charge in [-0.2, -0.15) is 9.78 Å². The molecule has 0 N–H and O–H groups in total. The summed E-state index contributed by atoms with van der Waals surface area (Å²) in [5.41, 5.74) is 0.989. The molecule has 6 heteroatoms. The van der Waals surface area contributed by atoms with Gasteiger partial charge >= 0.3 is 0 Å². The van der Waals surface area contributed by atoms with Gasteiger partial charge in [-0.25, -0.2) is 0 Å². The lowest BCUT2D eigenvalue weighted by Gasteiger charge is -1.98. The molecule has 0 fully saturated rings. The van der Waals surface area contributed by atoms with Crippen LogP contribution in [0.5, 0.6) is 0 Å². The van der Waals surface area contributed by atoms with Crippen molar-refractivity contribution in [3.63, 3.8) is 0 Å². The van der Waals surface area contributed by atoms with Crippen LogP contribution in [0, 0.1) is 6.92 Å². The molecule has 1 aromatic carbocycles. The first kappa shape index (κ1) is 11.3. The fourth-order valence-electron chi connectivity index (χ4n) is 1.18. The van der Waals surface area contributed by atoms with E-state index >= 15 is 0 Å². The zero-order chi connectivity index (χ0) is 11.5. The van der Waals surface area contributed by atoms with Crippen LogP contribution in [-0.4, -0.2) is 21.1 Å². The smallest absolute Gasteiger partial charge is 0.192 e. The van der Waals surface area contributed by atoms with Gasteiger partial charge in [-0.3, -0.25) is 0 Å². The van der Waals surface area contributed by atoms with Crippen molar-refractivity contribution >= 4 is 34.8 Å². The Kier molecular flexibility index (Phi) is 3.40. The summed E-state index contributed by atoms with van der Waals surface area (Å²) in [6.07, 6.45) is 1.74. The lowest BCUT2D eigenvalue weighted by atomic mass is 10.2. The average Bonchev–Trinajstić information content (AvgIpc) is 2.58. The van der Waals surface area contributed by atoms with Gasteiger partial charge in [0.2, 0.25) is 5.16 Å². The van der Waals surface area contributed by atoms with Crippen molar-refractivity contribution in [3.05, 3.63) is 40.1 Å². The van der Waals surface area contributed by atoms with Crippen molar-refractivity contribution < 1.29 is 0 Å². The molecule has 0 aliphatic heterocycles. The number of benzene rings is 1. The Morgan fingerprint density at radius 2 is 2.12 bits per heavy atom. The van der Waals surface area contributed by atoms with Crippen molar-refractivity contribution in [1.82, 2.24) is 14.9 Å². The zero-order valence-corrected chi connectivity index (χ0v) is 11.0. The van der Waals surface area contributed by atoms with Crippen LogP contribution >= 0.6 is 28.6 Å². The van der Waals surface area contributed by atoms with E-state index in [-0.39, 0.29) is 0 Å². The minimum absolute atomic E-state index is 0.473. The Balaban J connectivity index is 2.32. The lowest BCUT2D eigenvalue weighted by molar-refractivity contribution is 0.747. The largest absolute Gasteiger partial charge is 0.208 e. The molecule has 0 radical (unpaired) electrons. The van der Waals surface area contributed by atoms with Gasteiger partial charge in [0.15, 0.2) is 5.82 Å². The molecule has 1 aromatic heterocycles. The predicted octanol–water partition coefficient (Wildman–Crippen LogP) is 2.52. The van der Waals surface area contributed by atoms with Gasteiger partial charge in [0, 0.05) is 10.0 Å². The van der Waals surface area contributed by atoms with Gasteiger partial charge < -0.3 is 0 Å². The summed E-state index contributed by atoms with van der Waals surface area (Å²) in [5.74, 6) is 0.702. The maximum Gasteiger partial charge on any atom is 0.208 e. The van der Waals surface area contributed by atoms with Crippen LogP contribution in [0.1, 0.15) is 11.4 Å². The summed E-state index contributed by atoms with van der Waals surface area (Å²) < 4.78 is 2.56. The maximum absolute atomic E-state index is 4.26. The van der Waals surface area contributed by atoms with Crippen molar-refractivity contribution in [2.24, 2.45) is 5.10 Å². The Morgan fingerprint density at radius 1 is 1.38 bits per heavy atom. The molecule has 2 rings (SSSR count). The molecule has 0 bridgehead atoms. The molecule has 4 nitrogen and oxygen atoms in total. The van der Waals surface area contributed by atoms with Crippen LogP contribution in [0.3, 0.4) is 0 Å². The molecule has 0 aliphatic rings. The second-order valence-electron chi connectivity index (χ2n) is 3.13. The van der Waals surface area contributed by atoms with Crippen LogP contribution in [0.2, 0.25) is 0 Å². The molecule has 1 heterocycles. The van der Waals surface area contributed by atoms with E-state index in [4.69, 9.17) is 0 Å². The van der Waals surface area contributed by atoms with E-state index in [0.29, 0.717) is 11.0 Å². The third-order valence-electron chi connectivity index (χ3n) is 2.00. The second kappa shape index (κ2) is 4.80. The van der Waals surface area contributed by atoms with Gasteiger partial charge in [0.25, 0.3) is 0 Å². The fraction of sp³-hybridized carbons (Fsp3) is 0.100. The number of halogens is 1. The van der Waals surface area contributed by atoms with Crippen molar-refractivity contribution in [2.45, 2.75) is 12.1 Å². The number of hydrogen-bond donors (Lipinski definition) is 1. The maximum atomic E-state index is 4.26. The van der Waals surface area contributed by atoms with Crippen molar-refractivity contribution in [1.29, 1.82) is 0 Å². The number of aromatic nitrogens is 3. The summed E-state index contributed by atoms with van der Waals surface area (Å²) in [6, 6.07) is 7.83. The van der Waals surface area contributed by atoms with Gasteiger partial charge in [-0.1, -0.05) is 34.1 Å². The SMILES string of the molecule is Cc1nnc(S)n1N=Cc1ccccc1Br. The molecular formula is C10H9BrN4S. The van der Waals surface area contributed by atoms with E-state index in [1.54, 1.807) is 10.9 Å². The van der Waals surface area contributed by atoms with E-state index in [1.807, 2.05) is 31.2 Å². The highest BCUT2D eigenvalue weighted by Crippen LogP contribution is 2.14. The molecule has 16 heavy (non-hydrogen) atoms.